The molecule has 0 aliphatic heterocycles. The Morgan fingerprint density at radius 3 is 2.83 bits per heavy atom. The molecule has 1 aromatic carbocycles. The van der Waals surface area contributed by atoms with E-state index >= 15 is 0 Å². The first-order valence-electron chi connectivity index (χ1n) is 5.80. The molecule has 0 saturated carbocycles. The van der Waals surface area contributed by atoms with E-state index in [0.717, 1.165) is 17.3 Å². The molecule has 2 aromatic rings. The molecule has 0 fully saturated rings. The highest BCUT2D eigenvalue weighted by Gasteiger charge is 2.10. The van der Waals surface area contributed by atoms with E-state index in [1.165, 1.54) is 10.4 Å². The quantitative estimate of drug-likeness (QED) is 0.884. The zero-order valence-electron chi connectivity index (χ0n) is 10.4. The molecule has 4 heteroatoms. The van der Waals surface area contributed by atoms with Crippen LogP contribution in [0.15, 0.2) is 35.7 Å². The smallest absolute Gasteiger partial charge is 0.123 e. The fraction of sp³-hybridized carbons (Fsp3) is 0.286. The molecule has 1 heterocycles. The van der Waals surface area contributed by atoms with Crippen LogP contribution < -0.4 is 10.1 Å². The van der Waals surface area contributed by atoms with Crippen molar-refractivity contribution in [2.75, 3.05) is 7.11 Å². The topological polar surface area (TPSA) is 21.3 Å². The van der Waals surface area contributed by atoms with E-state index in [2.05, 4.69) is 18.3 Å². The Labute approximate surface area is 117 Å². The summed E-state index contributed by atoms with van der Waals surface area (Å²) in [7, 11) is 1.70. The van der Waals surface area contributed by atoms with Crippen molar-refractivity contribution >= 4 is 22.9 Å². The van der Waals surface area contributed by atoms with Crippen molar-refractivity contribution in [3.8, 4) is 5.75 Å². The molecule has 0 aliphatic rings. The van der Waals surface area contributed by atoms with Gasteiger partial charge in [0.1, 0.15) is 5.75 Å². The van der Waals surface area contributed by atoms with Gasteiger partial charge in [0.15, 0.2) is 0 Å². The highest BCUT2D eigenvalue weighted by Crippen LogP contribution is 2.25. The second-order valence-corrected chi connectivity index (χ2v) is 5.51. The van der Waals surface area contributed by atoms with Gasteiger partial charge in [-0.15, -0.1) is 11.3 Å². The Bertz CT molecular complexity index is 512. The molecule has 0 amide bonds. The molecular formula is C14H16ClNOS. The first-order chi connectivity index (χ1) is 8.70. The first-order valence-corrected chi connectivity index (χ1v) is 7.05. The Hall–Kier alpha value is -1.03. The van der Waals surface area contributed by atoms with Crippen LogP contribution >= 0.6 is 22.9 Å². The summed E-state index contributed by atoms with van der Waals surface area (Å²) in [5.74, 6) is 0.918. The van der Waals surface area contributed by atoms with Gasteiger partial charge in [0, 0.05) is 28.4 Å². The van der Waals surface area contributed by atoms with Crippen LogP contribution in [0.3, 0.4) is 0 Å². The SMILES string of the molecule is COc1ccccc1[C@H](C)NCc1cc(Cl)cs1. The Kier molecular flexibility index (Phi) is 4.64. The van der Waals surface area contributed by atoms with Crippen LogP contribution in [0.2, 0.25) is 5.02 Å². The van der Waals surface area contributed by atoms with Crippen LogP contribution in [-0.4, -0.2) is 7.11 Å². The molecule has 96 valence electrons. The lowest BCUT2D eigenvalue weighted by molar-refractivity contribution is 0.401. The number of para-hydroxylation sites is 1. The summed E-state index contributed by atoms with van der Waals surface area (Å²) >= 11 is 7.57. The van der Waals surface area contributed by atoms with Gasteiger partial charge >= 0.3 is 0 Å². The zero-order chi connectivity index (χ0) is 13.0. The lowest BCUT2D eigenvalue weighted by atomic mass is 10.1. The van der Waals surface area contributed by atoms with Crippen LogP contribution in [-0.2, 0) is 6.54 Å². The predicted molar refractivity (Wildman–Crippen MR) is 77.6 cm³/mol. The molecule has 1 N–H and O–H groups in total. The average Bonchev–Trinajstić information content (AvgIpc) is 2.81. The van der Waals surface area contributed by atoms with E-state index in [0.29, 0.717) is 0 Å². The van der Waals surface area contributed by atoms with Crippen molar-refractivity contribution in [2.24, 2.45) is 0 Å². The summed E-state index contributed by atoms with van der Waals surface area (Å²) in [5, 5.41) is 6.23. The number of nitrogens with one attached hydrogen (secondary N) is 1. The fourth-order valence-electron chi connectivity index (χ4n) is 1.83. The molecule has 0 unspecified atom stereocenters. The summed E-state index contributed by atoms with van der Waals surface area (Å²) in [6, 6.07) is 10.3. The lowest BCUT2D eigenvalue weighted by Gasteiger charge is -2.16. The number of ether oxygens (including phenoxy) is 1. The number of benzene rings is 1. The Morgan fingerprint density at radius 1 is 1.39 bits per heavy atom. The molecule has 0 saturated heterocycles. The monoisotopic (exact) mass is 281 g/mol. The van der Waals surface area contributed by atoms with Crippen molar-refractivity contribution in [1.82, 2.24) is 5.32 Å². The molecule has 0 radical (unpaired) electrons. The van der Waals surface area contributed by atoms with Crippen LogP contribution in [0.25, 0.3) is 0 Å². The molecule has 18 heavy (non-hydrogen) atoms. The normalized spacial score (nSPS) is 12.4. The van der Waals surface area contributed by atoms with Gasteiger partial charge in [0.25, 0.3) is 0 Å². The van der Waals surface area contributed by atoms with Gasteiger partial charge in [-0.05, 0) is 19.1 Å². The molecule has 0 spiro atoms. The van der Waals surface area contributed by atoms with Gasteiger partial charge in [0.05, 0.1) is 12.1 Å². The minimum atomic E-state index is 0.238. The number of hydrogen-bond donors (Lipinski definition) is 1. The van der Waals surface area contributed by atoms with Crippen LogP contribution in [0.5, 0.6) is 5.75 Å². The van der Waals surface area contributed by atoms with Crippen molar-refractivity contribution in [3.63, 3.8) is 0 Å². The summed E-state index contributed by atoms with van der Waals surface area (Å²) < 4.78 is 5.36. The Morgan fingerprint density at radius 2 is 2.17 bits per heavy atom. The maximum Gasteiger partial charge on any atom is 0.123 e. The maximum atomic E-state index is 5.90. The standard InChI is InChI=1S/C14H16ClNOS/c1-10(13-5-3-4-6-14(13)17-2)16-8-12-7-11(15)9-18-12/h3-7,9-10,16H,8H2,1-2H3/t10-/m0/s1. The first kappa shape index (κ1) is 13.4. The van der Waals surface area contributed by atoms with Crippen molar-refractivity contribution in [2.45, 2.75) is 19.5 Å². The van der Waals surface area contributed by atoms with E-state index in [1.54, 1.807) is 18.4 Å². The van der Waals surface area contributed by atoms with E-state index in [1.807, 2.05) is 29.6 Å². The van der Waals surface area contributed by atoms with E-state index in [-0.39, 0.29) is 6.04 Å². The van der Waals surface area contributed by atoms with Crippen molar-refractivity contribution in [1.29, 1.82) is 0 Å². The number of methoxy groups -OCH3 is 1. The highest BCUT2D eigenvalue weighted by molar-refractivity contribution is 7.10. The third-order valence-electron chi connectivity index (χ3n) is 2.81. The van der Waals surface area contributed by atoms with Crippen LogP contribution in [0, 0.1) is 0 Å². The van der Waals surface area contributed by atoms with Crippen LogP contribution in [0.4, 0.5) is 0 Å². The van der Waals surface area contributed by atoms with Gasteiger partial charge in [-0.2, -0.15) is 0 Å². The molecular weight excluding hydrogens is 266 g/mol. The number of thiophene rings is 1. The molecule has 2 nitrogen and oxygen atoms in total. The minimum Gasteiger partial charge on any atom is -0.496 e. The number of halogens is 1. The summed E-state index contributed by atoms with van der Waals surface area (Å²) in [5.41, 5.74) is 1.17. The van der Waals surface area contributed by atoms with Gasteiger partial charge in [-0.1, -0.05) is 29.8 Å². The third-order valence-corrected chi connectivity index (χ3v) is 4.09. The second kappa shape index (κ2) is 6.23. The molecule has 1 atom stereocenters. The van der Waals surface area contributed by atoms with E-state index in [9.17, 15) is 0 Å². The maximum absolute atomic E-state index is 5.90. The summed E-state index contributed by atoms with van der Waals surface area (Å²) in [6.07, 6.45) is 0. The third kappa shape index (κ3) is 3.25. The minimum absolute atomic E-state index is 0.238. The fourth-order valence-corrected chi connectivity index (χ4v) is 2.86. The van der Waals surface area contributed by atoms with Gasteiger partial charge in [-0.3, -0.25) is 0 Å². The van der Waals surface area contributed by atoms with E-state index in [4.69, 9.17) is 16.3 Å². The summed E-state index contributed by atoms with van der Waals surface area (Å²) in [6.45, 7) is 2.95. The molecule has 0 bridgehead atoms. The number of hydrogen-bond acceptors (Lipinski definition) is 3. The lowest BCUT2D eigenvalue weighted by Crippen LogP contribution is -2.18. The second-order valence-electron chi connectivity index (χ2n) is 4.08. The summed E-state index contributed by atoms with van der Waals surface area (Å²) in [4.78, 5) is 1.24. The largest absolute Gasteiger partial charge is 0.496 e. The highest BCUT2D eigenvalue weighted by atomic mass is 35.5. The average molecular weight is 282 g/mol. The molecule has 0 aliphatic carbocycles. The molecule has 1 aromatic heterocycles. The molecule has 2 rings (SSSR count). The van der Waals surface area contributed by atoms with Gasteiger partial charge in [-0.25, -0.2) is 0 Å². The van der Waals surface area contributed by atoms with Gasteiger partial charge < -0.3 is 10.1 Å². The van der Waals surface area contributed by atoms with Crippen molar-refractivity contribution in [3.05, 3.63) is 51.2 Å². The van der Waals surface area contributed by atoms with Crippen LogP contribution in [0.1, 0.15) is 23.4 Å². The van der Waals surface area contributed by atoms with Crippen molar-refractivity contribution < 1.29 is 4.74 Å². The predicted octanol–water partition coefficient (Wildman–Crippen LogP) is 4.26. The van der Waals surface area contributed by atoms with E-state index < -0.39 is 0 Å². The number of rotatable bonds is 5. The zero-order valence-corrected chi connectivity index (χ0v) is 12.0. The van der Waals surface area contributed by atoms with Gasteiger partial charge in [0.2, 0.25) is 0 Å². The Balaban J connectivity index is 2.01.